The quantitative estimate of drug-likeness (QED) is 0.641. The van der Waals surface area contributed by atoms with Crippen LogP contribution in [-0.4, -0.2) is 39.3 Å². The Bertz CT molecular complexity index is 927. The minimum absolute atomic E-state index is 0.0623. The van der Waals surface area contributed by atoms with E-state index in [2.05, 4.69) is 29.0 Å². The van der Waals surface area contributed by atoms with Gasteiger partial charge in [-0.25, -0.2) is 4.98 Å². The molecule has 2 atom stereocenters. The topological polar surface area (TPSA) is 86.3 Å². The van der Waals surface area contributed by atoms with Crippen molar-refractivity contribution in [2.24, 2.45) is 0 Å². The summed E-state index contributed by atoms with van der Waals surface area (Å²) in [5.74, 6) is 2.13. The lowest BCUT2D eigenvalue weighted by Crippen LogP contribution is -2.44. The third kappa shape index (κ3) is 3.25. The molecule has 1 fully saturated rings. The number of aromatic hydroxyl groups is 1. The van der Waals surface area contributed by atoms with Crippen LogP contribution in [0.3, 0.4) is 0 Å². The third-order valence-electron chi connectivity index (χ3n) is 5.28. The van der Waals surface area contributed by atoms with E-state index >= 15 is 0 Å². The summed E-state index contributed by atoms with van der Waals surface area (Å²) in [5.41, 5.74) is 1.56. The lowest BCUT2D eigenvalue weighted by molar-refractivity contribution is 0.408. The average molecular weight is 367 g/mol. The summed E-state index contributed by atoms with van der Waals surface area (Å²) in [6.07, 6.45) is 5.20. The van der Waals surface area contributed by atoms with Gasteiger partial charge in [0.05, 0.1) is 12.6 Å². The van der Waals surface area contributed by atoms with Gasteiger partial charge in [-0.15, -0.1) is 0 Å². The number of aromatic amines is 1. The Morgan fingerprint density at radius 1 is 1.15 bits per heavy atom. The van der Waals surface area contributed by atoms with Crippen LogP contribution in [0, 0.1) is 0 Å². The molecule has 0 aliphatic carbocycles. The van der Waals surface area contributed by atoms with Gasteiger partial charge in [0.25, 0.3) is 0 Å². The van der Waals surface area contributed by atoms with Crippen LogP contribution in [0.1, 0.15) is 33.1 Å². The van der Waals surface area contributed by atoms with Crippen molar-refractivity contribution in [2.75, 3.05) is 17.3 Å². The van der Waals surface area contributed by atoms with Gasteiger partial charge in [0, 0.05) is 24.0 Å². The van der Waals surface area contributed by atoms with Crippen molar-refractivity contribution in [3.05, 3.63) is 30.5 Å². The summed E-state index contributed by atoms with van der Waals surface area (Å²) in [6, 6.07) is 8.37. The van der Waals surface area contributed by atoms with Crippen molar-refractivity contribution in [1.29, 1.82) is 0 Å². The maximum absolute atomic E-state index is 10.2. The third-order valence-corrected chi connectivity index (χ3v) is 5.28. The van der Waals surface area contributed by atoms with E-state index in [4.69, 9.17) is 14.7 Å². The number of nitrogens with zero attached hydrogens (tertiary/aromatic N) is 3. The Kier molecular flexibility index (Phi) is 4.51. The molecule has 0 amide bonds. The lowest BCUT2D eigenvalue weighted by Gasteiger charge is -2.39. The van der Waals surface area contributed by atoms with E-state index < -0.39 is 0 Å². The Labute approximate surface area is 158 Å². The van der Waals surface area contributed by atoms with Gasteiger partial charge in [-0.2, -0.15) is 4.98 Å². The van der Waals surface area contributed by atoms with Crippen molar-refractivity contribution >= 4 is 28.4 Å². The highest BCUT2D eigenvalue weighted by Crippen LogP contribution is 2.35. The molecule has 1 aromatic carbocycles. The van der Waals surface area contributed by atoms with Crippen LogP contribution < -0.4 is 15.0 Å². The molecule has 7 nitrogen and oxygen atoms in total. The van der Waals surface area contributed by atoms with Crippen LogP contribution in [0.2, 0.25) is 0 Å². The standard InChI is InChI=1S/C20H25N5O2/c1-12-5-4-6-13(2)25(12)20-23-16-11-21-19(26)17(16)18(24-20)22-14-7-9-15(27-3)10-8-14/h7-13,21,26H,4-6H2,1-3H3,(H,22,23,24). The highest BCUT2D eigenvalue weighted by atomic mass is 16.5. The van der Waals surface area contributed by atoms with E-state index in [-0.39, 0.29) is 5.88 Å². The van der Waals surface area contributed by atoms with Crippen molar-refractivity contribution in [3.63, 3.8) is 0 Å². The SMILES string of the molecule is COc1ccc(Nc2nc(N3C(C)CCCC3C)nc3c[nH]c(O)c23)cc1. The molecule has 0 spiro atoms. The smallest absolute Gasteiger partial charge is 0.228 e. The minimum atomic E-state index is 0.0623. The van der Waals surface area contributed by atoms with E-state index in [0.717, 1.165) is 24.3 Å². The summed E-state index contributed by atoms with van der Waals surface area (Å²) in [5, 5.41) is 14.2. The maximum atomic E-state index is 10.2. The molecule has 27 heavy (non-hydrogen) atoms. The van der Waals surface area contributed by atoms with E-state index in [9.17, 15) is 5.11 Å². The van der Waals surface area contributed by atoms with Crippen molar-refractivity contribution in [3.8, 4) is 11.6 Å². The molecule has 2 aromatic heterocycles. The molecule has 0 bridgehead atoms. The van der Waals surface area contributed by atoms with Gasteiger partial charge in [-0.05, 0) is 57.4 Å². The molecule has 3 N–H and O–H groups in total. The number of aromatic nitrogens is 3. The van der Waals surface area contributed by atoms with Gasteiger partial charge in [0.15, 0.2) is 0 Å². The number of fused-ring (bicyclic) bond motifs is 1. The fraction of sp³-hybridized carbons (Fsp3) is 0.400. The van der Waals surface area contributed by atoms with E-state index in [0.29, 0.717) is 34.8 Å². The predicted molar refractivity (Wildman–Crippen MR) is 107 cm³/mol. The molecular weight excluding hydrogens is 342 g/mol. The first-order chi connectivity index (χ1) is 13.1. The Morgan fingerprint density at radius 3 is 2.52 bits per heavy atom. The summed E-state index contributed by atoms with van der Waals surface area (Å²) in [7, 11) is 1.64. The van der Waals surface area contributed by atoms with Crippen LogP contribution in [0.25, 0.3) is 10.9 Å². The zero-order valence-corrected chi connectivity index (χ0v) is 15.9. The summed E-state index contributed by atoms with van der Waals surface area (Å²) in [6.45, 7) is 4.43. The number of rotatable bonds is 4. The highest BCUT2D eigenvalue weighted by Gasteiger charge is 2.28. The van der Waals surface area contributed by atoms with Crippen LogP contribution in [0.5, 0.6) is 11.6 Å². The Hall–Kier alpha value is -2.96. The second-order valence-corrected chi connectivity index (χ2v) is 7.16. The summed E-state index contributed by atoms with van der Waals surface area (Å²) in [4.78, 5) is 14.6. The second-order valence-electron chi connectivity index (χ2n) is 7.16. The molecule has 0 saturated carbocycles. The molecule has 1 aliphatic rings. The number of ether oxygens (including phenoxy) is 1. The normalized spacial score (nSPS) is 20.0. The molecule has 142 valence electrons. The predicted octanol–water partition coefficient (Wildman–Crippen LogP) is 4.18. The van der Waals surface area contributed by atoms with E-state index in [1.165, 1.54) is 6.42 Å². The molecule has 1 saturated heterocycles. The lowest BCUT2D eigenvalue weighted by atomic mass is 9.98. The van der Waals surface area contributed by atoms with Gasteiger partial charge >= 0.3 is 0 Å². The van der Waals surface area contributed by atoms with Crippen molar-refractivity contribution < 1.29 is 9.84 Å². The van der Waals surface area contributed by atoms with Gasteiger partial charge in [0.2, 0.25) is 11.8 Å². The van der Waals surface area contributed by atoms with Crippen LogP contribution in [0.15, 0.2) is 30.5 Å². The van der Waals surface area contributed by atoms with Crippen LogP contribution in [-0.2, 0) is 0 Å². The van der Waals surface area contributed by atoms with Gasteiger partial charge in [0.1, 0.15) is 17.0 Å². The number of nitrogens with one attached hydrogen (secondary N) is 2. The molecule has 0 radical (unpaired) electrons. The number of benzene rings is 1. The highest BCUT2D eigenvalue weighted by molar-refractivity contribution is 5.96. The number of piperidine rings is 1. The molecule has 3 aromatic rings. The molecular formula is C20H25N5O2. The zero-order valence-electron chi connectivity index (χ0n) is 15.9. The number of hydrogen-bond donors (Lipinski definition) is 3. The second kappa shape index (κ2) is 6.98. The van der Waals surface area contributed by atoms with Gasteiger partial charge < -0.3 is 25.0 Å². The summed E-state index contributed by atoms with van der Waals surface area (Å²) < 4.78 is 5.21. The maximum Gasteiger partial charge on any atom is 0.228 e. The Balaban J connectivity index is 1.76. The molecule has 7 heteroatoms. The fourth-order valence-electron chi connectivity index (χ4n) is 3.85. The fourth-order valence-corrected chi connectivity index (χ4v) is 3.85. The van der Waals surface area contributed by atoms with Crippen molar-refractivity contribution in [1.82, 2.24) is 15.0 Å². The number of anilines is 3. The number of H-pyrrole nitrogens is 1. The van der Waals surface area contributed by atoms with Crippen LogP contribution >= 0.6 is 0 Å². The van der Waals surface area contributed by atoms with Gasteiger partial charge in [-0.3, -0.25) is 0 Å². The van der Waals surface area contributed by atoms with Crippen LogP contribution in [0.4, 0.5) is 17.5 Å². The Morgan fingerprint density at radius 2 is 1.85 bits per heavy atom. The summed E-state index contributed by atoms with van der Waals surface area (Å²) >= 11 is 0. The largest absolute Gasteiger partial charge is 0.497 e. The number of hydrogen-bond acceptors (Lipinski definition) is 6. The first-order valence-electron chi connectivity index (χ1n) is 9.34. The first-order valence-corrected chi connectivity index (χ1v) is 9.34. The number of methoxy groups -OCH3 is 1. The first kappa shape index (κ1) is 17.5. The minimum Gasteiger partial charge on any atom is -0.497 e. The van der Waals surface area contributed by atoms with E-state index in [1.807, 2.05) is 24.3 Å². The molecule has 1 aliphatic heterocycles. The monoisotopic (exact) mass is 367 g/mol. The van der Waals surface area contributed by atoms with Gasteiger partial charge in [-0.1, -0.05) is 0 Å². The molecule has 4 rings (SSSR count). The zero-order chi connectivity index (χ0) is 19.0. The average Bonchev–Trinajstić information content (AvgIpc) is 3.03. The molecule has 2 unspecified atom stereocenters. The van der Waals surface area contributed by atoms with Crippen molar-refractivity contribution in [2.45, 2.75) is 45.2 Å². The van der Waals surface area contributed by atoms with E-state index in [1.54, 1.807) is 13.3 Å². The molecule has 3 heterocycles.